The van der Waals surface area contributed by atoms with E-state index in [0.29, 0.717) is 30.4 Å². The molecule has 0 bridgehead atoms. The van der Waals surface area contributed by atoms with Gasteiger partial charge in [0.1, 0.15) is 17.1 Å². The molecule has 1 fully saturated rings. The summed E-state index contributed by atoms with van der Waals surface area (Å²) in [6.07, 6.45) is 4.09. The van der Waals surface area contributed by atoms with Crippen LogP contribution in [0.5, 0.6) is 0 Å². The molecule has 5 nitrogen and oxygen atoms in total. The van der Waals surface area contributed by atoms with E-state index in [-0.39, 0.29) is 11.5 Å². The van der Waals surface area contributed by atoms with Crippen molar-refractivity contribution >= 4 is 11.9 Å². The van der Waals surface area contributed by atoms with Crippen LogP contribution in [0.25, 0.3) is 0 Å². The number of amides is 1. The van der Waals surface area contributed by atoms with E-state index in [4.69, 9.17) is 9.52 Å². The van der Waals surface area contributed by atoms with Gasteiger partial charge in [-0.05, 0) is 31.7 Å². The molecular formula is C14H19NO4. The minimum Gasteiger partial charge on any atom is -0.478 e. The van der Waals surface area contributed by atoms with Crippen molar-refractivity contribution in [3.05, 3.63) is 23.2 Å². The van der Waals surface area contributed by atoms with Gasteiger partial charge in [-0.3, -0.25) is 4.79 Å². The summed E-state index contributed by atoms with van der Waals surface area (Å²) in [7, 11) is 1.72. The molecule has 1 aliphatic rings. The van der Waals surface area contributed by atoms with Crippen LogP contribution in [0.15, 0.2) is 10.5 Å². The average Bonchev–Trinajstić information content (AvgIpc) is 2.64. The number of carboxylic acid groups (broad SMARTS) is 1. The van der Waals surface area contributed by atoms with Crippen molar-refractivity contribution in [2.45, 2.75) is 39.2 Å². The summed E-state index contributed by atoms with van der Waals surface area (Å²) in [4.78, 5) is 24.4. The maximum Gasteiger partial charge on any atom is 0.339 e. The van der Waals surface area contributed by atoms with Gasteiger partial charge in [-0.1, -0.05) is 6.42 Å². The molecule has 1 saturated carbocycles. The Morgan fingerprint density at radius 1 is 1.47 bits per heavy atom. The molecular weight excluding hydrogens is 246 g/mol. The molecule has 1 aliphatic carbocycles. The summed E-state index contributed by atoms with van der Waals surface area (Å²) >= 11 is 0. The summed E-state index contributed by atoms with van der Waals surface area (Å²) < 4.78 is 5.37. The fraction of sp³-hybridized carbons (Fsp3) is 0.571. The monoisotopic (exact) mass is 265 g/mol. The van der Waals surface area contributed by atoms with Crippen molar-refractivity contribution < 1.29 is 19.1 Å². The molecule has 104 valence electrons. The SMILES string of the molecule is Cc1oc(CN(C)C(=O)CC2CCC2)cc1C(=O)O. The minimum absolute atomic E-state index is 0.0932. The maximum atomic E-state index is 11.9. The second kappa shape index (κ2) is 5.47. The van der Waals surface area contributed by atoms with Crippen molar-refractivity contribution in [3.63, 3.8) is 0 Å². The molecule has 0 aliphatic heterocycles. The summed E-state index contributed by atoms with van der Waals surface area (Å²) in [6.45, 7) is 1.93. The Balaban J connectivity index is 1.93. The topological polar surface area (TPSA) is 70.8 Å². The van der Waals surface area contributed by atoms with E-state index in [1.807, 2.05) is 0 Å². The third kappa shape index (κ3) is 3.16. The van der Waals surface area contributed by atoms with E-state index in [2.05, 4.69) is 0 Å². The van der Waals surface area contributed by atoms with Gasteiger partial charge in [0, 0.05) is 13.5 Å². The number of carbonyl (C=O) groups excluding carboxylic acids is 1. The third-order valence-corrected chi connectivity index (χ3v) is 3.71. The van der Waals surface area contributed by atoms with Gasteiger partial charge in [0.2, 0.25) is 5.91 Å². The highest BCUT2D eigenvalue weighted by atomic mass is 16.4. The van der Waals surface area contributed by atoms with E-state index >= 15 is 0 Å². The Morgan fingerprint density at radius 3 is 2.63 bits per heavy atom. The first-order valence-electron chi connectivity index (χ1n) is 6.54. The Labute approximate surface area is 112 Å². The number of nitrogens with zero attached hydrogens (tertiary/aromatic N) is 1. The largest absolute Gasteiger partial charge is 0.478 e. The van der Waals surface area contributed by atoms with Crippen molar-refractivity contribution in [1.29, 1.82) is 0 Å². The quantitative estimate of drug-likeness (QED) is 0.887. The second-order valence-corrected chi connectivity index (χ2v) is 5.24. The van der Waals surface area contributed by atoms with Crippen LogP contribution >= 0.6 is 0 Å². The molecule has 1 aromatic rings. The molecule has 19 heavy (non-hydrogen) atoms. The summed E-state index contributed by atoms with van der Waals surface area (Å²) in [5.74, 6) is 0.510. The predicted octanol–water partition coefficient (Wildman–Crippen LogP) is 2.43. The van der Waals surface area contributed by atoms with Gasteiger partial charge in [0.15, 0.2) is 0 Å². The van der Waals surface area contributed by atoms with Gasteiger partial charge in [-0.15, -0.1) is 0 Å². The fourth-order valence-electron chi connectivity index (χ4n) is 2.26. The zero-order valence-corrected chi connectivity index (χ0v) is 11.3. The number of hydrogen-bond donors (Lipinski definition) is 1. The molecule has 0 unspecified atom stereocenters. The van der Waals surface area contributed by atoms with E-state index in [1.54, 1.807) is 18.9 Å². The number of hydrogen-bond acceptors (Lipinski definition) is 3. The van der Waals surface area contributed by atoms with Crippen LogP contribution in [0, 0.1) is 12.8 Å². The molecule has 2 rings (SSSR count). The van der Waals surface area contributed by atoms with Crippen molar-refractivity contribution in [2.75, 3.05) is 7.05 Å². The normalized spacial score (nSPS) is 15.1. The number of aromatic carboxylic acids is 1. The van der Waals surface area contributed by atoms with Crippen molar-refractivity contribution in [1.82, 2.24) is 4.90 Å². The van der Waals surface area contributed by atoms with Gasteiger partial charge in [-0.25, -0.2) is 4.79 Å². The third-order valence-electron chi connectivity index (χ3n) is 3.71. The van der Waals surface area contributed by atoms with E-state index < -0.39 is 5.97 Å². The molecule has 5 heteroatoms. The molecule has 0 aromatic carbocycles. The first kappa shape index (κ1) is 13.6. The van der Waals surface area contributed by atoms with Crippen LogP contribution in [-0.2, 0) is 11.3 Å². The van der Waals surface area contributed by atoms with Gasteiger partial charge in [-0.2, -0.15) is 0 Å². The lowest BCUT2D eigenvalue weighted by Crippen LogP contribution is -2.29. The maximum absolute atomic E-state index is 11.9. The second-order valence-electron chi connectivity index (χ2n) is 5.24. The lowest BCUT2D eigenvalue weighted by molar-refractivity contribution is -0.132. The van der Waals surface area contributed by atoms with Crippen molar-refractivity contribution in [2.24, 2.45) is 5.92 Å². The molecule has 1 aromatic heterocycles. The Hall–Kier alpha value is -1.78. The number of rotatable bonds is 5. The van der Waals surface area contributed by atoms with Crippen LogP contribution in [0.4, 0.5) is 0 Å². The van der Waals surface area contributed by atoms with Crippen molar-refractivity contribution in [3.8, 4) is 0 Å². The van der Waals surface area contributed by atoms with E-state index in [1.165, 1.54) is 12.5 Å². The average molecular weight is 265 g/mol. The van der Waals surface area contributed by atoms with Crippen LogP contribution in [0.2, 0.25) is 0 Å². The van der Waals surface area contributed by atoms with Gasteiger partial charge in [0.25, 0.3) is 0 Å². The van der Waals surface area contributed by atoms with Crippen LogP contribution < -0.4 is 0 Å². The number of furan rings is 1. The minimum atomic E-state index is -1.00. The predicted molar refractivity (Wildman–Crippen MR) is 68.8 cm³/mol. The highest BCUT2D eigenvalue weighted by Crippen LogP contribution is 2.30. The highest BCUT2D eigenvalue weighted by molar-refractivity contribution is 5.88. The fourth-order valence-corrected chi connectivity index (χ4v) is 2.26. The molecule has 0 atom stereocenters. The first-order chi connectivity index (χ1) is 8.97. The summed E-state index contributed by atoms with van der Waals surface area (Å²) in [5, 5.41) is 8.94. The Morgan fingerprint density at radius 2 is 2.16 bits per heavy atom. The zero-order valence-electron chi connectivity index (χ0n) is 11.3. The lowest BCUT2D eigenvalue weighted by atomic mass is 9.83. The smallest absolute Gasteiger partial charge is 0.339 e. The van der Waals surface area contributed by atoms with Gasteiger partial charge < -0.3 is 14.4 Å². The Bertz CT molecular complexity index is 488. The van der Waals surface area contributed by atoms with Gasteiger partial charge in [0.05, 0.1) is 6.54 Å². The molecule has 0 radical (unpaired) electrons. The van der Waals surface area contributed by atoms with E-state index in [9.17, 15) is 9.59 Å². The molecule has 1 heterocycles. The highest BCUT2D eigenvalue weighted by Gasteiger charge is 2.23. The number of aryl methyl sites for hydroxylation is 1. The van der Waals surface area contributed by atoms with Crippen LogP contribution in [0.1, 0.15) is 47.6 Å². The lowest BCUT2D eigenvalue weighted by Gasteiger charge is -2.26. The summed E-state index contributed by atoms with van der Waals surface area (Å²) in [5.41, 5.74) is 0.162. The Kier molecular flexibility index (Phi) is 3.93. The van der Waals surface area contributed by atoms with E-state index in [0.717, 1.165) is 12.8 Å². The van der Waals surface area contributed by atoms with Gasteiger partial charge >= 0.3 is 5.97 Å². The molecule has 0 saturated heterocycles. The number of carboxylic acids is 1. The summed E-state index contributed by atoms with van der Waals surface area (Å²) in [6, 6.07) is 1.49. The van der Waals surface area contributed by atoms with Crippen LogP contribution in [0.3, 0.4) is 0 Å². The zero-order chi connectivity index (χ0) is 14.0. The molecule has 1 amide bonds. The standard InChI is InChI=1S/C14H19NO4/c1-9-12(14(17)18)7-11(19-9)8-15(2)13(16)6-10-4-3-5-10/h7,10H,3-6,8H2,1-2H3,(H,17,18). The number of carbonyl (C=O) groups is 2. The molecule has 0 spiro atoms. The molecule has 1 N–H and O–H groups in total. The first-order valence-corrected chi connectivity index (χ1v) is 6.54. The van der Waals surface area contributed by atoms with Crippen LogP contribution in [-0.4, -0.2) is 28.9 Å².